The molecule has 1 aromatic rings. The molecule has 1 aromatic carbocycles. The number of aliphatic imine (C=N–C) groups is 2. The second kappa shape index (κ2) is 10.3. The zero-order chi connectivity index (χ0) is 19.7. The molecule has 0 atom stereocenters. The van der Waals surface area contributed by atoms with Gasteiger partial charge in [0.2, 0.25) is 11.9 Å². The molecule has 150 valence electrons. The Morgan fingerprint density at radius 2 is 1.70 bits per heavy atom. The van der Waals surface area contributed by atoms with Gasteiger partial charge in [-0.2, -0.15) is 4.99 Å². The fraction of sp³-hybridized carbons (Fsp3) is 0.636. The summed E-state index contributed by atoms with van der Waals surface area (Å²) in [5.74, 6) is 1.60. The molecule has 0 saturated carbocycles. The van der Waals surface area contributed by atoms with Crippen LogP contribution in [0.3, 0.4) is 0 Å². The van der Waals surface area contributed by atoms with E-state index in [1.807, 2.05) is 0 Å². The maximum absolute atomic E-state index is 4.76. The summed E-state index contributed by atoms with van der Waals surface area (Å²) in [5, 5.41) is 6.79. The maximum Gasteiger partial charge on any atom is 0.225 e. The fourth-order valence-corrected chi connectivity index (χ4v) is 3.10. The van der Waals surface area contributed by atoms with Gasteiger partial charge in [0.1, 0.15) is 5.66 Å². The molecule has 0 fully saturated rings. The third-order valence-electron chi connectivity index (χ3n) is 4.78. The SMILES string of the molecule is CCCCCCCCN(C)C1=NC(C)(C)NC(NCc2ccc(C)cc2)=N1. The van der Waals surface area contributed by atoms with Gasteiger partial charge in [-0.25, -0.2) is 4.99 Å². The average molecular weight is 372 g/mol. The molecular weight excluding hydrogens is 334 g/mol. The topological polar surface area (TPSA) is 52.0 Å². The van der Waals surface area contributed by atoms with Crippen molar-refractivity contribution in [1.82, 2.24) is 15.5 Å². The molecule has 0 bridgehead atoms. The summed E-state index contributed by atoms with van der Waals surface area (Å²) in [6.07, 6.45) is 7.79. The summed E-state index contributed by atoms with van der Waals surface area (Å²) in [7, 11) is 2.09. The molecule has 1 aliphatic rings. The minimum absolute atomic E-state index is 0.359. The van der Waals surface area contributed by atoms with Crippen LogP contribution in [0, 0.1) is 6.92 Å². The molecular formula is C22H37N5. The highest BCUT2D eigenvalue weighted by Crippen LogP contribution is 2.12. The lowest BCUT2D eigenvalue weighted by Gasteiger charge is -2.31. The largest absolute Gasteiger partial charge is 0.352 e. The molecule has 0 saturated heterocycles. The Morgan fingerprint density at radius 1 is 1.04 bits per heavy atom. The van der Waals surface area contributed by atoms with Gasteiger partial charge in [-0.05, 0) is 32.8 Å². The first-order valence-electron chi connectivity index (χ1n) is 10.4. The van der Waals surface area contributed by atoms with Gasteiger partial charge >= 0.3 is 0 Å². The van der Waals surface area contributed by atoms with Crippen molar-refractivity contribution >= 4 is 11.9 Å². The van der Waals surface area contributed by atoms with Crippen molar-refractivity contribution in [3.05, 3.63) is 35.4 Å². The maximum atomic E-state index is 4.76. The first-order valence-corrected chi connectivity index (χ1v) is 10.4. The van der Waals surface area contributed by atoms with Crippen LogP contribution in [0.4, 0.5) is 0 Å². The lowest BCUT2D eigenvalue weighted by molar-refractivity contribution is 0.421. The van der Waals surface area contributed by atoms with Crippen LogP contribution in [-0.4, -0.2) is 36.1 Å². The van der Waals surface area contributed by atoms with Crippen LogP contribution in [0.25, 0.3) is 0 Å². The minimum atomic E-state index is -0.359. The zero-order valence-electron chi connectivity index (χ0n) is 17.8. The van der Waals surface area contributed by atoms with Gasteiger partial charge in [0, 0.05) is 20.1 Å². The Hall–Kier alpha value is -2.04. The summed E-state index contributed by atoms with van der Waals surface area (Å²) in [4.78, 5) is 11.6. The van der Waals surface area contributed by atoms with E-state index in [4.69, 9.17) is 9.98 Å². The molecule has 0 spiro atoms. The van der Waals surface area contributed by atoms with Crippen LogP contribution in [0.2, 0.25) is 0 Å². The van der Waals surface area contributed by atoms with Gasteiger partial charge in [0.15, 0.2) is 0 Å². The fourth-order valence-electron chi connectivity index (χ4n) is 3.10. The number of guanidine groups is 2. The van der Waals surface area contributed by atoms with Gasteiger partial charge in [0.25, 0.3) is 0 Å². The van der Waals surface area contributed by atoms with Gasteiger partial charge in [-0.15, -0.1) is 0 Å². The molecule has 5 nitrogen and oxygen atoms in total. The van der Waals surface area contributed by atoms with Crippen LogP contribution in [0.15, 0.2) is 34.3 Å². The molecule has 1 heterocycles. The number of aryl methyl sites for hydroxylation is 1. The number of rotatable bonds is 9. The van der Waals surface area contributed by atoms with E-state index in [0.29, 0.717) is 0 Å². The van der Waals surface area contributed by atoms with Crippen molar-refractivity contribution < 1.29 is 0 Å². The molecule has 1 aliphatic heterocycles. The van der Waals surface area contributed by atoms with Crippen LogP contribution in [0.1, 0.15) is 70.4 Å². The van der Waals surface area contributed by atoms with Crippen molar-refractivity contribution in [1.29, 1.82) is 0 Å². The van der Waals surface area contributed by atoms with E-state index in [-0.39, 0.29) is 5.66 Å². The lowest BCUT2D eigenvalue weighted by Crippen LogP contribution is -2.53. The second-order valence-corrected chi connectivity index (χ2v) is 8.08. The molecule has 0 radical (unpaired) electrons. The van der Waals surface area contributed by atoms with Crippen LogP contribution >= 0.6 is 0 Å². The summed E-state index contributed by atoms with van der Waals surface area (Å²) in [6.45, 7) is 10.3. The van der Waals surface area contributed by atoms with E-state index >= 15 is 0 Å². The van der Waals surface area contributed by atoms with E-state index in [9.17, 15) is 0 Å². The Labute approximate surface area is 165 Å². The van der Waals surface area contributed by atoms with Gasteiger partial charge in [-0.1, -0.05) is 68.9 Å². The molecule has 27 heavy (non-hydrogen) atoms. The van der Waals surface area contributed by atoms with Crippen LogP contribution < -0.4 is 10.6 Å². The zero-order valence-corrected chi connectivity index (χ0v) is 17.8. The number of hydrogen-bond acceptors (Lipinski definition) is 5. The summed E-state index contributed by atoms with van der Waals surface area (Å²) in [5.41, 5.74) is 2.16. The number of nitrogens with zero attached hydrogens (tertiary/aromatic N) is 3. The number of hydrogen-bond donors (Lipinski definition) is 2. The molecule has 5 heteroatoms. The third kappa shape index (κ3) is 7.61. The number of benzene rings is 1. The average Bonchev–Trinajstić information content (AvgIpc) is 2.62. The summed E-state index contributed by atoms with van der Waals surface area (Å²) < 4.78 is 0. The molecule has 0 unspecified atom stereocenters. The lowest BCUT2D eigenvalue weighted by atomic mass is 10.1. The van der Waals surface area contributed by atoms with E-state index in [1.165, 1.54) is 49.7 Å². The predicted octanol–water partition coefficient (Wildman–Crippen LogP) is 4.43. The molecule has 2 rings (SSSR count). The quantitative estimate of drug-likeness (QED) is 0.632. The normalized spacial score (nSPS) is 15.6. The molecule has 0 aromatic heterocycles. The van der Waals surface area contributed by atoms with Gasteiger partial charge in [-0.3, -0.25) is 0 Å². The Balaban J connectivity index is 1.88. The Kier molecular flexibility index (Phi) is 8.14. The smallest absolute Gasteiger partial charge is 0.225 e. The number of nitrogens with one attached hydrogen (secondary N) is 2. The highest BCUT2D eigenvalue weighted by Gasteiger charge is 2.25. The monoisotopic (exact) mass is 371 g/mol. The van der Waals surface area contributed by atoms with E-state index in [1.54, 1.807) is 0 Å². The summed E-state index contributed by atoms with van der Waals surface area (Å²) in [6, 6.07) is 8.57. The number of unbranched alkanes of at least 4 members (excludes halogenated alkanes) is 5. The van der Waals surface area contributed by atoms with Gasteiger partial charge < -0.3 is 15.5 Å². The van der Waals surface area contributed by atoms with E-state index in [2.05, 4.69) is 74.5 Å². The summed E-state index contributed by atoms with van der Waals surface area (Å²) >= 11 is 0. The minimum Gasteiger partial charge on any atom is -0.352 e. The first kappa shape index (κ1) is 21.3. The van der Waals surface area contributed by atoms with E-state index in [0.717, 1.165) is 25.0 Å². The third-order valence-corrected chi connectivity index (χ3v) is 4.78. The molecule has 0 amide bonds. The van der Waals surface area contributed by atoms with Crippen LogP contribution in [-0.2, 0) is 6.54 Å². The van der Waals surface area contributed by atoms with Crippen molar-refractivity contribution in [3.63, 3.8) is 0 Å². The van der Waals surface area contributed by atoms with Crippen LogP contribution in [0.5, 0.6) is 0 Å². The highest BCUT2D eigenvalue weighted by molar-refractivity contribution is 5.97. The van der Waals surface area contributed by atoms with E-state index < -0.39 is 0 Å². The second-order valence-electron chi connectivity index (χ2n) is 8.08. The first-order chi connectivity index (χ1) is 12.9. The standard InChI is InChI=1S/C22H37N5/c1-6-7-8-9-10-11-16-27(5)21-24-20(25-22(3,4)26-21)23-17-19-14-12-18(2)13-15-19/h12-15H,6-11,16-17H2,1-5H3,(H2,23,24,25,26). The molecule has 0 aliphatic carbocycles. The van der Waals surface area contributed by atoms with Crippen molar-refractivity contribution in [3.8, 4) is 0 Å². The Bertz CT molecular complexity index is 631. The van der Waals surface area contributed by atoms with Crippen molar-refractivity contribution in [2.75, 3.05) is 13.6 Å². The van der Waals surface area contributed by atoms with Gasteiger partial charge in [0.05, 0.1) is 0 Å². The van der Waals surface area contributed by atoms with Crippen molar-refractivity contribution in [2.45, 2.75) is 78.4 Å². The highest BCUT2D eigenvalue weighted by atomic mass is 15.4. The molecule has 2 N–H and O–H groups in total. The van der Waals surface area contributed by atoms with Crippen molar-refractivity contribution in [2.24, 2.45) is 9.98 Å². The predicted molar refractivity (Wildman–Crippen MR) is 116 cm³/mol. The Morgan fingerprint density at radius 3 is 2.41 bits per heavy atom.